The lowest BCUT2D eigenvalue weighted by atomic mass is 9.98. The SMILES string of the molecule is O=C(Nc1cccc(-c2nccs2)c1)C1CCCN(S(=O)(=O)c2cccs2)C1. The number of piperidine rings is 1. The summed E-state index contributed by atoms with van der Waals surface area (Å²) in [6.45, 7) is 0.655. The summed E-state index contributed by atoms with van der Waals surface area (Å²) in [5.41, 5.74) is 1.63. The molecule has 0 aliphatic carbocycles. The van der Waals surface area contributed by atoms with E-state index in [0.717, 1.165) is 10.6 Å². The second kappa shape index (κ2) is 8.12. The molecule has 1 aliphatic rings. The van der Waals surface area contributed by atoms with Gasteiger partial charge >= 0.3 is 0 Å². The van der Waals surface area contributed by atoms with Crippen LogP contribution in [-0.2, 0) is 14.8 Å². The van der Waals surface area contributed by atoms with Gasteiger partial charge in [0.2, 0.25) is 5.91 Å². The monoisotopic (exact) mass is 433 g/mol. The summed E-state index contributed by atoms with van der Waals surface area (Å²) in [6, 6.07) is 10.9. The molecule has 1 atom stereocenters. The number of anilines is 1. The van der Waals surface area contributed by atoms with Crippen molar-refractivity contribution >= 4 is 44.3 Å². The van der Waals surface area contributed by atoms with Crippen molar-refractivity contribution in [3.8, 4) is 10.6 Å². The smallest absolute Gasteiger partial charge is 0.252 e. The van der Waals surface area contributed by atoms with Crippen LogP contribution in [0.4, 0.5) is 5.69 Å². The largest absolute Gasteiger partial charge is 0.326 e. The highest BCUT2D eigenvalue weighted by atomic mass is 32.2. The van der Waals surface area contributed by atoms with Crippen molar-refractivity contribution < 1.29 is 13.2 Å². The summed E-state index contributed by atoms with van der Waals surface area (Å²) in [7, 11) is -3.53. The highest BCUT2D eigenvalue weighted by Crippen LogP contribution is 2.28. The van der Waals surface area contributed by atoms with Gasteiger partial charge in [0.1, 0.15) is 9.22 Å². The fraction of sp³-hybridized carbons (Fsp3) is 0.263. The minimum atomic E-state index is -3.53. The zero-order valence-corrected chi connectivity index (χ0v) is 17.4. The molecular weight excluding hydrogens is 414 g/mol. The molecule has 1 saturated heterocycles. The maximum atomic E-state index is 12.8. The number of nitrogens with zero attached hydrogens (tertiary/aromatic N) is 2. The molecule has 146 valence electrons. The first kappa shape index (κ1) is 19.3. The van der Waals surface area contributed by atoms with E-state index in [0.29, 0.717) is 29.3 Å². The summed E-state index contributed by atoms with van der Waals surface area (Å²) in [6.07, 6.45) is 3.09. The average Bonchev–Trinajstić information content (AvgIpc) is 3.42. The first-order valence-corrected chi connectivity index (χ1v) is 12.1. The molecule has 6 nitrogen and oxygen atoms in total. The Hall–Kier alpha value is -2.07. The minimum Gasteiger partial charge on any atom is -0.326 e. The third-order valence-electron chi connectivity index (χ3n) is 4.65. The van der Waals surface area contributed by atoms with Crippen LogP contribution >= 0.6 is 22.7 Å². The highest BCUT2D eigenvalue weighted by molar-refractivity contribution is 7.91. The molecule has 3 aromatic rings. The molecule has 1 unspecified atom stereocenters. The van der Waals surface area contributed by atoms with Crippen LogP contribution in [0.1, 0.15) is 12.8 Å². The second-order valence-corrected chi connectivity index (χ2v) is 10.5. The van der Waals surface area contributed by atoms with Crippen molar-refractivity contribution in [1.82, 2.24) is 9.29 Å². The summed E-state index contributed by atoms with van der Waals surface area (Å²) in [4.78, 5) is 17.1. The molecule has 4 rings (SSSR count). The van der Waals surface area contributed by atoms with Gasteiger partial charge in [0.15, 0.2) is 0 Å². The van der Waals surface area contributed by atoms with Gasteiger partial charge in [-0.3, -0.25) is 4.79 Å². The van der Waals surface area contributed by atoms with E-state index in [-0.39, 0.29) is 18.4 Å². The maximum Gasteiger partial charge on any atom is 0.252 e. The number of nitrogens with one attached hydrogen (secondary N) is 1. The number of thiophene rings is 1. The summed E-state index contributed by atoms with van der Waals surface area (Å²) in [5.74, 6) is -0.519. The van der Waals surface area contributed by atoms with Crippen molar-refractivity contribution in [2.24, 2.45) is 5.92 Å². The van der Waals surface area contributed by atoms with Crippen LogP contribution in [0.5, 0.6) is 0 Å². The van der Waals surface area contributed by atoms with E-state index >= 15 is 0 Å². The summed E-state index contributed by atoms with van der Waals surface area (Å²) < 4.78 is 27.3. The lowest BCUT2D eigenvalue weighted by Gasteiger charge is -2.30. The first-order chi connectivity index (χ1) is 13.5. The van der Waals surface area contributed by atoms with Crippen LogP contribution in [0.25, 0.3) is 10.6 Å². The van der Waals surface area contributed by atoms with Crippen LogP contribution in [0.15, 0.2) is 57.6 Å². The van der Waals surface area contributed by atoms with Gasteiger partial charge in [0.05, 0.1) is 5.92 Å². The number of benzene rings is 1. The molecule has 9 heteroatoms. The van der Waals surface area contributed by atoms with Gasteiger partial charge in [-0.25, -0.2) is 13.4 Å². The fourth-order valence-corrected chi connectivity index (χ4v) is 6.56. The van der Waals surface area contributed by atoms with Crippen molar-refractivity contribution in [3.63, 3.8) is 0 Å². The van der Waals surface area contributed by atoms with Crippen LogP contribution in [0, 0.1) is 5.92 Å². The Morgan fingerprint density at radius 2 is 2.07 bits per heavy atom. The molecule has 1 fully saturated rings. The lowest BCUT2D eigenvalue weighted by molar-refractivity contribution is -0.120. The van der Waals surface area contributed by atoms with E-state index in [4.69, 9.17) is 0 Å². The topological polar surface area (TPSA) is 79.4 Å². The number of thiazole rings is 1. The van der Waals surface area contributed by atoms with E-state index in [1.165, 1.54) is 27.0 Å². The third-order valence-corrected chi connectivity index (χ3v) is 8.71. The molecule has 1 aromatic carbocycles. The van der Waals surface area contributed by atoms with Gasteiger partial charge in [0.25, 0.3) is 10.0 Å². The molecule has 0 bridgehead atoms. The predicted octanol–water partition coefficient (Wildman–Crippen LogP) is 3.91. The van der Waals surface area contributed by atoms with Crippen LogP contribution in [0.3, 0.4) is 0 Å². The number of aromatic nitrogens is 1. The van der Waals surface area contributed by atoms with Crippen molar-refractivity contribution in [3.05, 3.63) is 53.4 Å². The number of hydrogen-bond acceptors (Lipinski definition) is 6. The number of rotatable bonds is 5. The molecule has 0 radical (unpaired) electrons. The normalized spacial score (nSPS) is 18.1. The van der Waals surface area contributed by atoms with Gasteiger partial charge in [0, 0.05) is 35.9 Å². The molecule has 3 heterocycles. The number of carbonyl (C=O) groups excluding carboxylic acids is 1. The third kappa shape index (κ3) is 4.02. The molecule has 1 amide bonds. The maximum absolute atomic E-state index is 12.8. The average molecular weight is 434 g/mol. The quantitative estimate of drug-likeness (QED) is 0.662. The zero-order valence-electron chi connectivity index (χ0n) is 14.9. The Morgan fingerprint density at radius 1 is 1.18 bits per heavy atom. The number of carbonyl (C=O) groups is 1. The number of amides is 1. The van der Waals surface area contributed by atoms with Crippen molar-refractivity contribution in [1.29, 1.82) is 0 Å². The summed E-state index contributed by atoms with van der Waals surface area (Å²) >= 11 is 2.74. The van der Waals surface area contributed by atoms with Gasteiger partial charge in [-0.15, -0.1) is 22.7 Å². The van der Waals surface area contributed by atoms with E-state index in [9.17, 15) is 13.2 Å². The Morgan fingerprint density at radius 3 is 2.82 bits per heavy atom. The fourth-order valence-electron chi connectivity index (χ4n) is 3.25. The Balaban J connectivity index is 1.46. The predicted molar refractivity (Wildman–Crippen MR) is 112 cm³/mol. The van der Waals surface area contributed by atoms with Crippen LogP contribution < -0.4 is 5.32 Å². The highest BCUT2D eigenvalue weighted by Gasteiger charge is 2.33. The van der Waals surface area contributed by atoms with E-state index in [2.05, 4.69) is 10.3 Å². The minimum absolute atomic E-state index is 0.151. The lowest BCUT2D eigenvalue weighted by Crippen LogP contribution is -2.43. The Bertz CT molecular complexity index is 1050. The van der Waals surface area contributed by atoms with Gasteiger partial charge < -0.3 is 5.32 Å². The molecule has 0 spiro atoms. The molecule has 28 heavy (non-hydrogen) atoms. The second-order valence-electron chi connectivity index (χ2n) is 6.54. The van der Waals surface area contributed by atoms with Crippen molar-refractivity contribution in [2.75, 3.05) is 18.4 Å². The first-order valence-electron chi connectivity index (χ1n) is 8.88. The van der Waals surface area contributed by atoms with E-state index < -0.39 is 10.0 Å². The zero-order chi connectivity index (χ0) is 19.6. The molecule has 2 aromatic heterocycles. The van der Waals surface area contributed by atoms with Gasteiger partial charge in [-0.1, -0.05) is 18.2 Å². The molecular formula is C19H19N3O3S3. The number of hydrogen-bond donors (Lipinski definition) is 1. The summed E-state index contributed by atoms with van der Waals surface area (Å²) in [5, 5.41) is 7.48. The van der Waals surface area contributed by atoms with Crippen LogP contribution in [0.2, 0.25) is 0 Å². The van der Waals surface area contributed by atoms with Gasteiger partial charge in [-0.2, -0.15) is 4.31 Å². The van der Waals surface area contributed by atoms with Crippen molar-refractivity contribution in [2.45, 2.75) is 17.1 Å². The molecule has 0 saturated carbocycles. The van der Waals surface area contributed by atoms with E-state index in [1.807, 2.05) is 29.6 Å². The van der Waals surface area contributed by atoms with Crippen LogP contribution in [-0.4, -0.2) is 36.7 Å². The Kier molecular flexibility index (Phi) is 5.58. The van der Waals surface area contributed by atoms with E-state index in [1.54, 1.807) is 23.7 Å². The number of sulfonamides is 1. The van der Waals surface area contributed by atoms with Gasteiger partial charge in [-0.05, 0) is 36.4 Å². The standard InChI is InChI=1S/C19H19N3O3S3/c23-18(21-16-6-1-4-14(12-16)19-20-8-11-27-19)15-5-2-9-22(13-15)28(24,25)17-7-3-10-26-17/h1,3-4,6-8,10-12,15H,2,5,9,13H2,(H,21,23). The molecule has 1 aliphatic heterocycles. The Labute approximate surface area is 171 Å². The molecule has 1 N–H and O–H groups in total.